The summed E-state index contributed by atoms with van der Waals surface area (Å²) in [5.41, 5.74) is -0.543. The molecule has 0 aliphatic rings. The van der Waals surface area contributed by atoms with E-state index in [9.17, 15) is 23.2 Å². The number of allylic oxidation sites excluding steroid dienone is 3. The number of rotatable bonds is 11. The molecule has 0 spiro atoms. The van der Waals surface area contributed by atoms with Crippen molar-refractivity contribution in [2.75, 3.05) is 19.2 Å². The van der Waals surface area contributed by atoms with Crippen LogP contribution >= 0.6 is 23.2 Å². The molecule has 1 unspecified atom stereocenters. The zero-order valence-electron chi connectivity index (χ0n) is 14.3. The molecule has 0 aliphatic heterocycles. The van der Waals surface area contributed by atoms with E-state index in [0.717, 1.165) is 24.9 Å². The third-order valence-corrected chi connectivity index (χ3v) is 3.24. The maximum Gasteiger partial charge on any atom is 0.355 e. The van der Waals surface area contributed by atoms with Crippen molar-refractivity contribution < 1.29 is 37.4 Å². The highest BCUT2D eigenvalue weighted by Crippen LogP contribution is 2.23. The fourth-order valence-corrected chi connectivity index (χ4v) is 1.80. The molecule has 6 nitrogen and oxygen atoms in total. The van der Waals surface area contributed by atoms with Gasteiger partial charge in [0.15, 0.2) is 0 Å². The first-order valence-corrected chi connectivity index (χ1v) is 8.46. The lowest BCUT2D eigenvalue weighted by atomic mass is 10.0. The fraction of sp³-hybridized carbons (Fsp3) is 0.353. The Hall–Kier alpha value is -2.19. The molecule has 0 aliphatic carbocycles. The molecular formula is C17H18Cl2F2O6. The van der Waals surface area contributed by atoms with Gasteiger partial charge >= 0.3 is 17.9 Å². The van der Waals surface area contributed by atoms with Crippen LogP contribution < -0.4 is 0 Å². The highest BCUT2D eigenvalue weighted by Gasteiger charge is 2.31. The van der Waals surface area contributed by atoms with Crippen LogP contribution in [0.2, 0.25) is 0 Å². The van der Waals surface area contributed by atoms with E-state index in [2.05, 4.69) is 9.47 Å². The van der Waals surface area contributed by atoms with Crippen LogP contribution in [-0.2, 0) is 28.6 Å². The van der Waals surface area contributed by atoms with E-state index in [0.29, 0.717) is 0 Å². The second-order valence-electron chi connectivity index (χ2n) is 4.60. The van der Waals surface area contributed by atoms with Gasteiger partial charge in [-0.3, -0.25) is 9.18 Å². The molecule has 0 saturated heterocycles. The maximum absolute atomic E-state index is 12.2. The van der Waals surface area contributed by atoms with Gasteiger partial charge in [0.2, 0.25) is 0 Å². The molecule has 0 fully saturated rings. The summed E-state index contributed by atoms with van der Waals surface area (Å²) in [4.78, 5) is 36.1. The monoisotopic (exact) mass is 426 g/mol. The van der Waals surface area contributed by atoms with Gasteiger partial charge in [-0.05, 0) is 31.6 Å². The Bertz CT molecular complexity index is 629. The highest BCUT2D eigenvalue weighted by atomic mass is 35.5. The normalized spacial score (nSPS) is 13.7. The molecule has 10 heteroatoms. The van der Waals surface area contributed by atoms with Crippen molar-refractivity contribution in [2.45, 2.75) is 13.3 Å². The summed E-state index contributed by atoms with van der Waals surface area (Å²) >= 11 is 11.3. The Morgan fingerprint density at radius 1 is 0.963 bits per heavy atom. The molecule has 0 aromatic carbocycles. The second-order valence-corrected chi connectivity index (χ2v) is 5.29. The zero-order valence-corrected chi connectivity index (χ0v) is 15.8. The first kappa shape index (κ1) is 24.8. The zero-order chi connectivity index (χ0) is 20.7. The van der Waals surface area contributed by atoms with E-state index < -0.39 is 47.8 Å². The number of hydrogen-bond acceptors (Lipinski definition) is 6. The van der Waals surface area contributed by atoms with Gasteiger partial charge in [0.1, 0.15) is 11.7 Å². The molecule has 150 valence electrons. The van der Waals surface area contributed by atoms with Crippen LogP contribution in [0.4, 0.5) is 8.78 Å². The van der Waals surface area contributed by atoms with Gasteiger partial charge < -0.3 is 14.2 Å². The molecule has 0 aromatic heterocycles. The highest BCUT2D eigenvalue weighted by molar-refractivity contribution is 6.43. The number of carbonyl (C=O) groups is 3. The number of carbonyl (C=O) groups excluding carboxylic acids is 3. The smallest absolute Gasteiger partial charge is 0.355 e. The third kappa shape index (κ3) is 9.91. The number of esters is 3. The Morgan fingerprint density at radius 2 is 1.56 bits per heavy atom. The molecule has 0 rings (SSSR count). The first-order valence-electron chi connectivity index (χ1n) is 7.55. The summed E-state index contributed by atoms with van der Waals surface area (Å²) in [6.07, 6.45) is 6.08. The van der Waals surface area contributed by atoms with Crippen LogP contribution in [-0.4, -0.2) is 37.1 Å². The lowest BCUT2D eigenvalue weighted by molar-refractivity contribution is -0.144. The van der Waals surface area contributed by atoms with Gasteiger partial charge in [0, 0.05) is 5.88 Å². The van der Waals surface area contributed by atoms with Crippen molar-refractivity contribution >= 4 is 41.1 Å². The van der Waals surface area contributed by atoms with Gasteiger partial charge in [0.25, 0.3) is 0 Å². The van der Waals surface area contributed by atoms with Crippen molar-refractivity contribution in [3.8, 4) is 0 Å². The number of alkyl halides is 3. The van der Waals surface area contributed by atoms with Crippen molar-refractivity contribution in [1.29, 1.82) is 0 Å². The minimum Gasteiger partial charge on any atom is -0.434 e. The summed E-state index contributed by atoms with van der Waals surface area (Å²) < 4.78 is 38.1. The standard InChI is InChI=1S/C17H18Cl2F2O6/c1-12(15(22)25-11-5-8-21)13(16(23)26-10-4-6-18)14(19)17(24)27-9-3-2-7-20/h3-5,9-12H,2,6-8H2,1H3. The van der Waals surface area contributed by atoms with Crippen LogP contribution in [0.1, 0.15) is 13.3 Å². The van der Waals surface area contributed by atoms with E-state index in [1.54, 1.807) is 0 Å². The molecule has 0 heterocycles. The Balaban J connectivity index is 5.56. The predicted octanol–water partition coefficient (Wildman–Crippen LogP) is 3.85. The molecule has 0 amide bonds. The van der Waals surface area contributed by atoms with E-state index in [1.165, 1.54) is 19.1 Å². The van der Waals surface area contributed by atoms with Crippen LogP contribution in [0, 0.1) is 5.92 Å². The minimum atomic E-state index is -1.35. The molecule has 0 saturated carbocycles. The lowest BCUT2D eigenvalue weighted by Crippen LogP contribution is -2.24. The van der Waals surface area contributed by atoms with Crippen molar-refractivity contribution in [2.24, 2.45) is 5.92 Å². The largest absolute Gasteiger partial charge is 0.434 e. The molecule has 1 atom stereocenters. The Morgan fingerprint density at radius 3 is 2.15 bits per heavy atom. The van der Waals surface area contributed by atoms with E-state index in [4.69, 9.17) is 27.9 Å². The van der Waals surface area contributed by atoms with Crippen molar-refractivity contribution in [3.63, 3.8) is 0 Å². The molecule has 0 radical (unpaired) electrons. The maximum atomic E-state index is 12.2. The lowest BCUT2D eigenvalue weighted by Gasteiger charge is -2.13. The van der Waals surface area contributed by atoms with E-state index >= 15 is 0 Å². The summed E-state index contributed by atoms with van der Waals surface area (Å²) in [5, 5.41) is -0.733. The quantitative estimate of drug-likeness (QED) is 0.164. The molecule has 0 bridgehead atoms. The first-order chi connectivity index (χ1) is 12.9. The third-order valence-electron chi connectivity index (χ3n) is 2.70. The topological polar surface area (TPSA) is 78.9 Å². The second kappa shape index (κ2) is 14.9. The van der Waals surface area contributed by atoms with Gasteiger partial charge in [0.05, 0.1) is 37.0 Å². The summed E-state index contributed by atoms with van der Waals surface area (Å²) in [7, 11) is 0. The Kier molecular flexibility index (Phi) is 13.7. The van der Waals surface area contributed by atoms with Gasteiger partial charge in [-0.1, -0.05) is 11.6 Å². The predicted molar refractivity (Wildman–Crippen MR) is 95.0 cm³/mol. The summed E-state index contributed by atoms with van der Waals surface area (Å²) in [6, 6.07) is 0. The van der Waals surface area contributed by atoms with E-state index in [-0.39, 0.29) is 12.3 Å². The molecule has 0 aromatic rings. The fourth-order valence-electron chi connectivity index (χ4n) is 1.44. The van der Waals surface area contributed by atoms with Gasteiger partial charge in [-0.15, -0.1) is 11.6 Å². The SMILES string of the molecule is CC(C(=O)OC=CCF)C(C(=O)OC=CCCl)=C(Cl)C(=O)OC=CCCF. The average molecular weight is 427 g/mol. The summed E-state index contributed by atoms with van der Waals surface area (Å²) in [5.74, 6) is -4.58. The van der Waals surface area contributed by atoms with Gasteiger partial charge in [-0.2, -0.15) is 0 Å². The summed E-state index contributed by atoms with van der Waals surface area (Å²) in [6.45, 7) is -0.298. The molecule has 27 heavy (non-hydrogen) atoms. The number of halogens is 4. The van der Waals surface area contributed by atoms with E-state index in [1.807, 2.05) is 0 Å². The van der Waals surface area contributed by atoms with Crippen molar-refractivity contribution in [1.82, 2.24) is 0 Å². The number of hydrogen-bond donors (Lipinski definition) is 0. The molecule has 0 N–H and O–H groups in total. The van der Waals surface area contributed by atoms with Crippen LogP contribution in [0.5, 0.6) is 0 Å². The van der Waals surface area contributed by atoms with Crippen molar-refractivity contribution in [3.05, 3.63) is 47.6 Å². The Labute approximate surface area is 165 Å². The molecular weight excluding hydrogens is 409 g/mol. The minimum absolute atomic E-state index is 0.0103. The van der Waals surface area contributed by atoms with Crippen LogP contribution in [0.25, 0.3) is 0 Å². The average Bonchev–Trinajstić information content (AvgIpc) is 2.65. The van der Waals surface area contributed by atoms with Gasteiger partial charge in [-0.25, -0.2) is 14.0 Å². The van der Waals surface area contributed by atoms with Crippen LogP contribution in [0.3, 0.4) is 0 Å². The number of ether oxygens (including phenoxy) is 3. The van der Waals surface area contributed by atoms with Crippen LogP contribution in [0.15, 0.2) is 47.6 Å².